The molecule has 2 N–H and O–H groups in total. The molecule has 0 saturated carbocycles. The van der Waals surface area contributed by atoms with E-state index in [1.54, 1.807) is 14.2 Å². The molecule has 0 saturated heterocycles. The first-order valence-corrected chi connectivity index (χ1v) is 9.75. The zero-order chi connectivity index (χ0) is 21.3. The summed E-state index contributed by atoms with van der Waals surface area (Å²) < 4.78 is 16.4. The van der Waals surface area contributed by atoms with E-state index >= 15 is 0 Å². The molecule has 29 heavy (non-hydrogen) atoms. The largest absolute Gasteiger partial charge is 0.497 e. The summed E-state index contributed by atoms with van der Waals surface area (Å²) in [6.45, 7) is 7.18. The van der Waals surface area contributed by atoms with Gasteiger partial charge in [0.05, 0.1) is 14.2 Å². The minimum Gasteiger partial charge on any atom is -0.497 e. The van der Waals surface area contributed by atoms with E-state index < -0.39 is 0 Å². The standard InChI is InChI=1S/C23H32N2O4/c1-23(2,3)25-21(26)16-29-22-18(7-6-8-20(22)28-5)15-24-14-13-17-9-11-19(27-4)12-10-17/h6-12,24H,13-16H2,1-5H3,(H,25,26). The second-order valence-corrected chi connectivity index (χ2v) is 7.81. The van der Waals surface area contributed by atoms with Crippen molar-refractivity contribution in [1.82, 2.24) is 10.6 Å². The number of amides is 1. The van der Waals surface area contributed by atoms with E-state index in [2.05, 4.69) is 22.8 Å². The molecular formula is C23H32N2O4. The monoisotopic (exact) mass is 400 g/mol. The van der Waals surface area contributed by atoms with Crippen LogP contribution in [0.1, 0.15) is 31.9 Å². The molecule has 0 unspecified atom stereocenters. The van der Waals surface area contributed by atoms with Gasteiger partial charge in [-0.1, -0.05) is 24.3 Å². The molecule has 0 spiro atoms. The highest BCUT2D eigenvalue weighted by molar-refractivity contribution is 5.78. The van der Waals surface area contributed by atoms with Crippen molar-refractivity contribution in [3.05, 3.63) is 53.6 Å². The molecule has 6 heteroatoms. The number of carbonyl (C=O) groups is 1. The maximum Gasteiger partial charge on any atom is 0.258 e. The van der Waals surface area contributed by atoms with Gasteiger partial charge < -0.3 is 24.8 Å². The fourth-order valence-corrected chi connectivity index (χ4v) is 2.87. The van der Waals surface area contributed by atoms with Gasteiger partial charge in [0.15, 0.2) is 18.1 Å². The van der Waals surface area contributed by atoms with Gasteiger partial charge in [0.25, 0.3) is 5.91 Å². The number of carbonyl (C=O) groups excluding carboxylic acids is 1. The maximum absolute atomic E-state index is 12.1. The Hall–Kier alpha value is -2.73. The first-order valence-electron chi connectivity index (χ1n) is 9.75. The van der Waals surface area contributed by atoms with Crippen molar-refractivity contribution in [2.24, 2.45) is 0 Å². The first kappa shape index (κ1) is 22.6. The van der Waals surface area contributed by atoms with Gasteiger partial charge in [-0.15, -0.1) is 0 Å². The number of ether oxygens (including phenoxy) is 3. The number of hydrogen-bond acceptors (Lipinski definition) is 5. The van der Waals surface area contributed by atoms with Gasteiger partial charge in [-0.2, -0.15) is 0 Å². The van der Waals surface area contributed by atoms with E-state index in [0.29, 0.717) is 18.0 Å². The van der Waals surface area contributed by atoms with Crippen LogP contribution in [-0.4, -0.2) is 38.8 Å². The van der Waals surface area contributed by atoms with Gasteiger partial charge in [0, 0.05) is 17.6 Å². The number of benzene rings is 2. The zero-order valence-electron chi connectivity index (χ0n) is 18.0. The molecule has 0 aliphatic rings. The smallest absolute Gasteiger partial charge is 0.258 e. The fraction of sp³-hybridized carbons (Fsp3) is 0.435. The molecular weight excluding hydrogens is 368 g/mol. The third kappa shape index (κ3) is 7.66. The lowest BCUT2D eigenvalue weighted by atomic mass is 10.1. The minimum absolute atomic E-state index is 0.0590. The van der Waals surface area contributed by atoms with E-state index in [9.17, 15) is 4.79 Å². The molecule has 2 rings (SSSR count). The van der Waals surface area contributed by atoms with E-state index in [4.69, 9.17) is 14.2 Å². The van der Waals surface area contributed by atoms with Crippen LogP contribution in [0.5, 0.6) is 17.2 Å². The molecule has 158 valence electrons. The van der Waals surface area contributed by atoms with Gasteiger partial charge in [0.2, 0.25) is 0 Å². The van der Waals surface area contributed by atoms with Crippen molar-refractivity contribution in [2.75, 3.05) is 27.4 Å². The second kappa shape index (κ2) is 10.7. The molecule has 0 radical (unpaired) electrons. The average Bonchev–Trinajstić information content (AvgIpc) is 2.69. The quantitative estimate of drug-likeness (QED) is 0.599. The lowest BCUT2D eigenvalue weighted by Gasteiger charge is -2.21. The van der Waals surface area contributed by atoms with Crippen LogP contribution in [0.25, 0.3) is 0 Å². The van der Waals surface area contributed by atoms with Crippen LogP contribution in [0.3, 0.4) is 0 Å². The molecule has 1 amide bonds. The highest BCUT2D eigenvalue weighted by Gasteiger charge is 2.16. The van der Waals surface area contributed by atoms with Crippen molar-refractivity contribution >= 4 is 5.91 Å². The predicted octanol–water partition coefficient (Wildman–Crippen LogP) is 3.33. The highest BCUT2D eigenvalue weighted by Crippen LogP contribution is 2.31. The van der Waals surface area contributed by atoms with Crippen LogP contribution in [0.4, 0.5) is 0 Å². The number of para-hydroxylation sites is 1. The molecule has 0 bridgehead atoms. The molecule has 0 atom stereocenters. The molecule has 0 aliphatic heterocycles. The lowest BCUT2D eigenvalue weighted by molar-refractivity contribution is -0.124. The van der Waals surface area contributed by atoms with Crippen molar-refractivity contribution in [1.29, 1.82) is 0 Å². The normalized spacial score (nSPS) is 11.1. The van der Waals surface area contributed by atoms with E-state index in [1.165, 1.54) is 5.56 Å². The van der Waals surface area contributed by atoms with Crippen LogP contribution in [0.2, 0.25) is 0 Å². The van der Waals surface area contributed by atoms with Crippen LogP contribution in [-0.2, 0) is 17.8 Å². The van der Waals surface area contributed by atoms with Gasteiger partial charge >= 0.3 is 0 Å². The summed E-state index contributed by atoms with van der Waals surface area (Å²) in [7, 11) is 3.26. The lowest BCUT2D eigenvalue weighted by Crippen LogP contribution is -2.43. The summed E-state index contributed by atoms with van der Waals surface area (Å²) in [5.74, 6) is 1.90. The Morgan fingerprint density at radius 3 is 2.34 bits per heavy atom. The van der Waals surface area contributed by atoms with Gasteiger partial charge in [-0.05, 0) is 57.5 Å². The number of nitrogens with one attached hydrogen (secondary N) is 2. The Balaban J connectivity index is 1.92. The Kier molecular flexibility index (Phi) is 8.34. The number of rotatable bonds is 10. The van der Waals surface area contributed by atoms with Gasteiger partial charge in [0.1, 0.15) is 5.75 Å². The average molecular weight is 401 g/mol. The van der Waals surface area contributed by atoms with Crippen LogP contribution in [0, 0.1) is 0 Å². The van der Waals surface area contributed by atoms with Crippen molar-refractivity contribution in [3.8, 4) is 17.2 Å². The summed E-state index contributed by atoms with van der Waals surface area (Å²) in [5.41, 5.74) is 1.88. The van der Waals surface area contributed by atoms with E-state index in [1.807, 2.05) is 51.1 Å². The van der Waals surface area contributed by atoms with Crippen molar-refractivity contribution in [3.63, 3.8) is 0 Å². The summed E-state index contributed by atoms with van der Waals surface area (Å²) >= 11 is 0. The van der Waals surface area contributed by atoms with Crippen LogP contribution in [0.15, 0.2) is 42.5 Å². The number of methoxy groups -OCH3 is 2. The molecule has 0 heterocycles. The molecule has 2 aromatic carbocycles. The summed E-state index contributed by atoms with van der Waals surface area (Å²) in [5, 5.41) is 6.32. The minimum atomic E-state index is -0.299. The summed E-state index contributed by atoms with van der Waals surface area (Å²) in [6, 6.07) is 13.8. The van der Waals surface area contributed by atoms with Crippen molar-refractivity contribution < 1.29 is 19.0 Å². The van der Waals surface area contributed by atoms with Crippen LogP contribution >= 0.6 is 0 Å². The topological polar surface area (TPSA) is 68.8 Å². The maximum atomic E-state index is 12.1. The summed E-state index contributed by atoms with van der Waals surface area (Å²) in [4.78, 5) is 12.1. The molecule has 0 fully saturated rings. The molecule has 0 aliphatic carbocycles. The third-order valence-corrected chi connectivity index (χ3v) is 4.21. The Labute approximate surface area is 173 Å². The van der Waals surface area contributed by atoms with E-state index in [0.717, 1.165) is 24.3 Å². The first-order chi connectivity index (χ1) is 13.8. The van der Waals surface area contributed by atoms with Crippen molar-refractivity contribution in [2.45, 2.75) is 39.3 Å². The fourth-order valence-electron chi connectivity index (χ4n) is 2.87. The Bertz CT molecular complexity index is 782. The van der Waals surface area contributed by atoms with Gasteiger partial charge in [-0.25, -0.2) is 0 Å². The Morgan fingerprint density at radius 1 is 1.00 bits per heavy atom. The third-order valence-electron chi connectivity index (χ3n) is 4.21. The number of hydrogen-bond donors (Lipinski definition) is 2. The molecule has 2 aromatic rings. The predicted molar refractivity (Wildman–Crippen MR) is 115 cm³/mol. The summed E-state index contributed by atoms with van der Waals surface area (Å²) in [6.07, 6.45) is 0.901. The SMILES string of the molecule is COc1ccc(CCNCc2cccc(OC)c2OCC(=O)NC(C)(C)C)cc1. The van der Waals surface area contributed by atoms with Crippen LogP contribution < -0.4 is 24.8 Å². The second-order valence-electron chi connectivity index (χ2n) is 7.81. The molecule has 0 aromatic heterocycles. The molecule has 6 nitrogen and oxygen atoms in total. The highest BCUT2D eigenvalue weighted by atomic mass is 16.5. The van der Waals surface area contributed by atoms with Gasteiger partial charge in [-0.3, -0.25) is 4.79 Å². The zero-order valence-corrected chi connectivity index (χ0v) is 18.0. The Morgan fingerprint density at radius 2 is 1.72 bits per heavy atom. The van der Waals surface area contributed by atoms with E-state index in [-0.39, 0.29) is 18.1 Å².